The number of likely N-dealkylation sites (N-methyl/N-ethyl adjacent to an activating group) is 1. The maximum atomic E-state index is 12.0. The molecule has 1 aromatic rings. The van der Waals surface area contributed by atoms with Gasteiger partial charge in [-0.05, 0) is 30.7 Å². The predicted octanol–water partition coefficient (Wildman–Crippen LogP) is 2.00. The van der Waals surface area contributed by atoms with Gasteiger partial charge in [0.25, 0.3) is 5.91 Å². The van der Waals surface area contributed by atoms with Gasteiger partial charge >= 0.3 is 5.97 Å². The lowest BCUT2D eigenvalue weighted by Gasteiger charge is -2.16. The molecule has 0 radical (unpaired) electrons. The number of hydrogen-bond donors (Lipinski definition) is 0. The highest BCUT2D eigenvalue weighted by Crippen LogP contribution is 2.16. The van der Waals surface area contributed by atoms with Crippen LogP contribution in [-0.2, 0) is 9.53 Å². The second kappa shape index (κ2) is 5.82. The van der Waals surface area contributed by atoms with Crippen LogP contribution in [0.1, 0.15) is 15.9 Å². The van der Waals surface area contributed by atoms with Gasteiger partial charge in [0.1, 0.15) is 6.54 Å². The second-order valence-corrected chi connectivity index (χ2v) is 4.67. The average Bonchev–Trinajstić information content (AvgIpc) is 2.26. The minimum Gasteiger partial charge on any atom is -0.468 e. The number of esters is 1. The summed E-state index contributed by atoms with van der Waals surface area (Å²) in [6, 6.07) is 5.42. The molecule has 1 rings (SSSR count). The van der Waals surface area contributed by atoms with Crippen molar-refractivity contribution in [2.75, 3.05) is 20.7 Å². The van der Waals surface area contributed by atoms with Crippen LogP contribution in [0.25, 0.3) is 0 Å². The van der Waals surface area contributed by atoms with Crippen LogP contribution < -0.4 is 0 Å². The van der Waals surface area contributed by atoms with E-state index in [0.717, 1.165) is 10.0 Å². The van der Waals surface area contributed by atoms with Gasteiger partial charge < -0.3 is 9.64 Å². The third-order valence-corrected chi connectivity index (χ3v) is 2.69. The summed E-state index contributed by atoms with van der Waals surface area (Å²) in [5, 5.41) is 0. The van der Waals surface area contributed by atoms with E-state index in [0.29, 0.717) is 5.56 Å². The van der Waals surface area contributed by atoms with Crippen molar-refractivity contribution in [1.82, 2.24) is 4.90 Å². The van der Waals surface area contributed by atoms with Gasteiger partial charge in [-0.15, -0.1) is 0 Å². The molecule has 0 saturated heterocycles. The van der Waals surface area contributed by atoms with E-state index in [-0.39, 0.29) is 12.5 Å². The van der Waals surface area contributed by atoms with E-state index in [1.165, 1.54) is 12.0 Å². The molecule has 1 amide bonds. The van der Waals surface area contributed by atoms with Gasteiger partial charge in [0, 0.05) is 17.1 Å². The summed E-state index contributed by atoms with van der Waals surface area (Å²) in [6.45, 7) is 1.85. The highest BCUT2D eigenvalue weighted by molar-refractivity contribution is 9.10. The van der Waals surface area contributed by atoms with Crippen molar-refractivity contribution >= 4 is 27.8 Å². The van der Waals surface area contributed by atoms with Crippen LogP contribution in [0.5, 0.6) is 0 Å². The molecule has 0 heterocycles. The first-order valence-corrected chi connectivity index (χ1v) is 5.83. The molecular weight excluding hydrogens is 286 g/mol. The number of nitrogens with zero attached hydrogens (tertiary/aromatic N) is 1. The number of halogens is 1. The first kappa shape index (κ1) is 13.7. The Balaban J connectivity index is 2.85. The molecule has 0 atom stereocenters. The van der Waals surface area contributed by atoms with E-state index >= 15 is 0 Å². The Hall–Kier alpha value is -1.36. The van der Waals surface area contributed by atoms with Crippen molar-refractivity contribution in [2.24, 2.45) is 0 Å². The standard InChI is InChI=1S/C12H14BrNO3/c1-8-4-9(6-10(13)5-8)12(16)14(2)7-11(15)17-3/h4-6H,7H2,1-3H3. The van der Waals surface area contributed by atoms with Gasteiger partial charge in [0.05, 0.1) is 7.11 Å². The molecule has 17 heavy (non-hydrogen) atoms. The molecule has 4 nitrogen and oxygen atoms in total. The van der Waals surface area contributed by atoms with Crippen LogP contribution in [0, 0.1) is 6.92 Å². The molecule has 0 aromatic heterocycles. The SMILES string of the molecule is COC(=O)CN(C)C(=O)c1cc(C)cc(Br)c1. The van der Waals surface area contributed by atoms with Crippen molar-refractivity contribution in [3.8, 4) is 0 Å². The Morgan fingerprint density at radius 3 is 2.53 bits per heavy atom. The first-order chi connectivity index (χ1) is 7.93. The van der Waals surface area contributed by atoms with E-state index in [4.69, 9.17) is 0 Å². The number of benzene rings is 1. The third-order valence-electron chi connectivity index (χ3n) is 2.23. The summed E-state index contributed by atoms with van der Waals surface area (Å²) in [7, 11) is 2.86. The van der Waals surface area contributed by atoms with Gasteiger partial charge in [0.15, 0.2) is 0 Å². The molecule has 0 bridgehead atoms. The van der Waals surface area contributed by atoms with Gasteiger partial charge in [-0.2, -0.15) is 0 Å². The quantitative estimate of drug-likeness (QED) is 0.802. The van der Waals surface area contributed by atoms with Gasteiger partial charge in [-0.25, -0.2) is 0 Å². The van der Waals surface area contributed by atoms with Crippen LogP contribution in [-0.4, -0.2) is 37.5 Å². The number of amides is 1. The first-order valence-electron chi connectivity index (χ1n) is 5.03. The minimum absolute atomic E-state index is 0.0547. The molecule has 1 aromatic carbocycles. The van der Waals surface area contributed by atoms with Crippen molar-refractivity contribution < 1.29 is 14.3 Å². The maximum Gasteiger partial charge on any atom is 0.325 e. The monoisotopic (exact) mass is 299 g/mol. The fraction of sp³-hybridized carbons (Fsp3) is 0.333. The van der Waals surface area contributed by atoms with Gasteiger partial charge in [-0.3, -0.25) is 9.59 Å². The molecule has 0 aliphatic heterocycles. The minimum atomic E-state index is -0.437. The molecule has 5 heteroatoms. The van der Waals surface area contributed by atoms with Crippen molar-refractivity contribution in [3.05, 3.63) is 33.8 Å². The fourth-order valence-electron chi connectivity index (χ4n) is 1.41. The molecule has 0 aliphatic rings. The summed E-state index contributed by atoms with van der Waals surface area (Å²) >= 11 is 3.33. The Kier molecular flexibility index (Phi) is 4.69. The lowest BCUT2D eigenvalue weighted by atomic mass is 10.1. The highest BCUT2D eigenvalue weighted by Gasteiger charge is 2.15. The maximum absolute atomic E-state index is 12.0. The second-order valence-electron chi connectivity index (χ2n) is 3.75. The number of carbonyl (C=O) groups excluding carboxylic acids is 2. The van der Waals surface area contributed by atoms with Crippen molar-refractivity contribution in [2.45, 2.75) is 6.92 Å². The summed E-state index contributed by atoms with van der Waals surface area (Å²) in [5.74, 6) is -0.646. The average molecular weight is 300 g/mol. The summed E-state index contributed by atoms with van der Waals surface area (Å²) in [6.07, 6.45) is 0. The summed E-state index contributed by atoms with van der Waals surface area (Å²) in [4.78, 5) is 24.4. The lowest BCUT2D eigenvalue weighted by Crippen LogP contribution is -2.32. The normalized spacial score (nSPS) is 9.88. The molecule has 92 valence electrons. The Bertz CT molecular complexity index is 425. The Morgan fingerprint density at radius 1 is 1.35 bits per heavy atom. The van der Waals surface area contributed by atoms with E-state index < -0.39 is 5.97 Å². The number of hydrogen-bond acceptors (Lipinski definition) is 3. The van der Waals surface area contributed by atoms with E-state index in [1.807, 2.05) is 13.0 Å². The number of aryl methyl sites for hydroxylation is 1. The predicted molar refractivity (Wildman–Crippen MR) is 67.9 cm³/mol. The van der Waals surface area contributed by atoms with Crippen molar-refractivity contribution in [1.29, 1.82) is 0 Å². The van der Waals surface area contributed by atoms with Gasteiger partial charge in [0.2, 0.25) is 0 Å². The number of carbonyl (C=O) groups is 2. The Morgan fingerprint density at radius 2 is 2.00 bits per heavy atom. The summed E-state index contributed by atoms with van der Waals surface area (Å²) in [5.41, 5.74) is 1.53. The molecule has 0 saturated carbocycles. The number of methoxy groups -OCH3 is 1. The number of rotatable bonds is 3. The van der Waals surface area contributed by atoms with Crippen molar-refractivity contribution in [3.63, 3.8) is 0 Å². The number of ether oxygens (including phenoxy) is 1. The molecule has 0 aliphatic carbocycles. The highest BCUT2D eigenvalue weighted by atomic mass is 79.9. The zero-order valence-electron chi connectivity index (χ0n) is 9.99. The van der Waals surface area contributed by atoms with Crippen LogP contribution in [0.2, 0.25) is 0 Å². The molecule has 0 N–H and O–H groups in total. The van der Waals surface area contributed by atoms with Crippen LogP contribution >= 0.6 is 15.9 Å². The van der Waals surface area contributed by atoms with E-state index in [9.17, 15) is 9.59 Å². The molecule has 0 unspecified atom stereocenters. The molecule has 0 spiro atoms. The van der Waals surface area contributed by atoms with Crippen LogP contribution in [0.15, 0.2) is 22.7 Å². The lowest BCUT2D eigenvalue weighted by molar-refractivity contribution is -0.141. The zero-order valence-corrected chi connectivity index (χ0v) is 11.6. The topological polar surface area (TPSA) is 46.6 Å². The molecular formula is C12H14BrNO3. The molecule has 0 fully saturated rings. The van der Waals surface area contributed by atoms with Crippen LogP contribution in [0.3, 0.4) is 0 Å². The summed E-state index contributed by atoms with van der Waals surface area (Å²) < 4.78 is 5.35. The zero-order chi connectivity index (χ0) is 13.0. The fourth-order valence-corrected chi connectivity index (χ4v) is 2.02. The largest absolute Gasteiger partial charge is 0.468 e. The Labute approximate surface area is 109 Å². The van der Waals surface area contributed by atoms with E-state index in [2.05, 4.69) is 20.7 Å². The van der Waals surface area contributed by atoms with Gasteiger partial charge in [-0.1, -0.05) is 15.9 Å². The third kappa shape index (κ3) is 3.85. The van der Waals surface area contributed by atoms with Crippen LogP contribution in [0.4, 0.5) is 0 Å². The van der Waals surface area contributed by atoms with E-state index in [1.54, 1.807) is 19.2 Å². The smallest absolute Gasteiger partial charge is 0.325 e.